The summed E-state index contributed by atoms with van der Waals surface area (Å²) in [5, 5.41) is 4.06. The first kappa shape index (κ1) is 12.9. The third-order valence-corrected chi connectivity index (χ3v) is 4.01. The molecule has 5 heteroatoms. The molecule has 0 aliphatic rings. The van der Waals surface area contributed by atoms with Crippen LogP contribution in [0.25, 0.3) is 0 Å². The Morgan fingerprint density at radius 2 is 2.27 bits per heavy atom. The molecule has 0 saturated carbocycles. The van der Waals surface area contributed by atoms with Crippen LogP contribution in [0.2, 0.25) is 5.15 Å². The van der Waals surface area contributed by atoms with Crippen molar-refractivity contribution in [1.82, 2.24) is 14.9 Å². The Morgan fingerprint density at radius 1 is 1.60 bits per heavy atom. The zero-order valence-corrected chi connectivity index (χ0v) is 11.2. The molecule has 0 amide bonds. The van der Waals surface area contributed by atoms with Gasteiger partial charge in [0.1, 0.15) is 11.0 Å². The minimum absolute atomic E-state index is 0.259. The molecule has 0 spiro atoms. The zero-order valence-electron chi connectivity index (χ0n) is 9.67. The minimum atomic E-state index is 0.259. The van der Waals surface area contributed by atoms with Gasteiger partial charge in [-0.3, -0.25) is 0 Å². The van der Waals surface area contributed by atoms with E-state index < -0.39 is 0 Å². The number of thioether (sulfide) groups is 1. The number of rotatable bonds is 5. The van der Waals surface area contributed by atoms with Gasteiger partial charge in [-0.1, -0.05) is 11.6 Å². The van der Waals surface area contributed by atoms with Crippen LogP contribution in [-0.2, 0) is 13.6 Å². The number of aromatic nitrogens is 2. The van der Waals surface area contributed by atoms with E-state index in [9.17, 15) is 0 Å². The van der Waals surface area contributed by atoms with Gasteiger partial charge in [-0.2, -0.15) is 11.8 Å². The lowest BCUT2D eigenvalue weighted by molar-refractivity contribution is 0.569. The molecule has 1 aromatic rings. The van der Waals surface area contributed by atoms with E-state index in [2.05, 4.69) is 30.4 Å². The summed E-state index contributed by atoms with van der Waals surface area (Å²) in [4.78, 5) is 4.22. The maximum atomic E-state index is 5.89. The quantitative estimate of drug-likeness (QED) is 0.866. The van der Waals surface area contributed by atoms with E-state index in [0.29, 0.717) is 5.15 Å². The maximum absolute atomic E-state index is 5.89. The second kappa shape index (κ2) is 5.23. The topological polar surface area (TPSA) is 29.9 Å². The molecule has 0 aliphatic carbocycles. The van der Waals surface area contributed by atoms with Crippen molar-refractivity contribution in [1.29, 1.82) is 0 Å². The van der Waals surface area contributed by atoms with E-state index in [-0.39, 0.29) is 4.75 Å². The molecule has 1 aromatic heterocycles. The molecular formula is C10H18ClN3S. The monoisotopic (exact) mass is 247 g/mol. The number of nitrogens with zero attached hydrogens (tertiary/aromatic N) is 2. The highest BCUT2D eigenvalue weighted by atomic mass is 35.5. The molecule has 0 unspecified atom stereocenters. The van der Waals surface area contributed by atoms with E-state index in [1.54, 1.807) is 6.20 Å². The molecule has 15 heavy (non-hydrogen) atoms. The Kier molecular flexibility index (Phi) is 4.49. The van der Waals surface area contributed by atoms with Crippen LogP contribution in [-0.4, -0.2) is 27.1 Å². The minimum Gasteiger partial charge on any atom is -0.321 e. The summed E-state index contributed by atoms with van der Waals surface area (Å²) in [5.74, 6) is 0.969. The van der Waals surface area contributed by atoms with Gasteiger partial charge in [0.15, 0.2) is 0 Å². The molecular weight excluding hydrogens is 230 g/mol. The fourth-order valence-electron chi connectivity index (χ4n) is 1.14. The highest BCUT2D eigenvalue weighted by molar-refractivity contribution is 7.99. The van der Waals surface area contributed by atoms with Crippen LogP contribution in [0, 0.1) is 0 Å². The molecule has 0 radical (unpaired) electrons. The molecule has 0 fully saturated rings. The van der Waals surface area contributed by atoms with Gasteiger partial charge in [-0.15, -0.1) is 0 Å². The Labute approximate surface area is 101 Å². The van der Waals surface area contributed by atoms with Crippen molar-refractivity contribution >= 4 is 23.4 Å². The summed E-state index contributed by atoms with van der Waals surface area (Å²) in [7, 11) is 1.92. The summed E-state index contributed by atoms with van der Waals surface area (Å²) in [6.45, 7) is 6.15. The van der Waals surface area contributed by atoms with Gasteiger partial charge in [0.25, 0.3) is 0 Å². The third-order valence-electron chi connectivity index (χ3n) is 2.41. The predicted octanol–water partition coefficient (Wildman–Crippen LogP) is 2.30. The molecule has 0 aliphatic heterocycles. The molecule has 0 atom stereocenters. The van der Waals surface area contributed by atoms with Gasteiger partial charge in [-0.05, 0) is 20.1 Å². The van der Waals surface area contributed by atoms with E-state index in [0.717, 1.165) is 18.9 Å². The Balaban J connectivity index is 2.42. The second-order valence-corrected chi connectivity index (χ2v) is 6.02. The molecule has 1 rings (SSSR count). The Hall–Kier alpha value is -0.190. The van der Waals surface area contributed by atoms with Gasteiger partial charge in [0.05, 0.1) is 12.7 Å². The summed E-state index contributed by atoms with van der Waals surface area (Å²) in [6, 6.07) is 0. The van der Waals surface area contributed by atoms with E-state index in [4.69, 9.17) is 11.6 Å². The van der Waals surface area contributed by atoms with Gasteiger partial charge >= 0.3 is 0 Å². The average molecular weight is 248 g/mol. The molecule has 86 valence electrons. The van der Waals surface area contributed by atoms with Crippen LogP contribution in [0.5, 0.6) is 0 Å². The Morgan fingerprint density at radius 3 is 2.73 bits per heavy atom. The molecule has 1 heterocycles. The van der Waals surface area contributed by atoms with Crippen molar-refractivity contribution < 1.29 is 0 Å². The number of imidazole rings is 1. The van der Waals surface area contributed by atoms with Crippen LogP contribution >= 0.6 is 23.4 Å². The SMILES string of the molecule is CSC(C)(C)CNCc1ncc(Cl)n1C. The van der Waals surface area contributed by atoms with Crippen molar-refractivity contribution in [2.45, 2.75) is 25.1 Å². The second-order valence-electron chi connectivity index (χ2n) is 4.12. The van der Waals surface area contributed by atoms with Crippen molar-refractivity contribution in [2.75, 3.05) is 12.8 Å². The first-order valence-electron chi connectivity index (χ1n) is 4.88. The molecule has 0 saturated heterocycles. The number of hydrogen-bond acceptors (Lipinski definition) is 3. The van der Waals surface area contributed by atoms with Gasteiger partial charge in [-0.25, -0.2) is 4.98 Å². The van der Waals surface area contributed by atoms with Gasteiger partial charge < -0.3 is 9.88 Å². The first-order chi connectivity index (χ1) is 6.96. The fourth-order valence-corrected chi connectivity index (χ4v) is 1.53. The largest absolute Gasteiger partial charge is 0.321 e. The van der Waals surface area contributed by atoms with Crippen LogP contribution in [0.4, 0.5) is 0 Å². The number of nitrogens with one attached hydrogen (secondary N) is 1. The lowest BCUT2D eigenvalue weighted by atomic mass is 10.2. The zero-order chi connectivity index (χ0) is 11.5. The van der Waals surface area contributed by atoms with Crippen molar-refractivity contribution in [3.63, 3.8) is 0 Å². The summed E-state index contributed by atoms with van der Waals surface area (Å²) >= 11 is 7.75. The van der Waals surface area contributed by atoms with Crippen molar-refractivity contribution in [3.05, 3.63) is 17.2 Å². The maximum Gasteiger partial charge on any atom is 0.128 e. The lowest BCUT2D eigenvalue weighted by Crippen LogP contribution is -2.32. The summed E-state index contributed by atoms with van der Waals surface area (Å²) < 4.78 is 2.15. The third kappa shape index (κ3) is 3.70. The highest BCUT2D eigenvalue weighted by Crippen LogP contribution is 2.19. The van der Waals surface area contributed by atoms with Crippen molar-refractivity contribution in [3.8, 4) is 0 Å². The standard InChI is InChI=1S/C10H18ClN3S/c1-10(2,15-4)7-12-6-9-13-5-8(11)14(9)3/h5,12H,6-7H2,1-4H3. The number of halogens is 1. The van der Waals surface area contributed by atoms with Gasteiger partial charge in [0.2, 0.25) is 0 Å². The summed E-state index contributed by atoms with van der Waals surface area (Å²) in [6.07, 6.45) is 3.80. The van der Waals surface area contributed by atoms with Gasteiger partial charge in [0, 0.05) is 18.3 Å². The average Bonchev–Trinajstić information content (AvgIpc) is 2.49. The van der Waals surface area contributed by atoms with E-state index in [1.807, 2.05) is 23.4 Å². The van der Waals surface area contributed by atoms with E-state index in [1.165, 1.54) is 0 Å². The number of hydrogen-bond donors (Lipinski definition) is 1. The fraction of sp³-hybridized carbons (Fsp3) is 0.700. The van der Waals surface area contributed by atoms with Crippen LogP contribution in [0.15, 0.2) is 6.20 Å². The Bertz CT molecular complexity index is 322. The van der Waals surface area contributed by atoms with Crippen molar-refractivity contribution in [2.24, 2.45) is 7.05 Å². The molecule has 0 bridgehead atoms. The van der Waals surface area contributed by atoms with Crippen LogP contribution < -0.4 is 5.32 Å². The van der Waals surface area contributed by atoms with E-state index >= 15 is 0 Å². The highest BCUT2D eigenvalue weighted by Gasteiger charge is 2.15. The smallest absolute Gasteiger partial charge is 0.128 e. The normalized spacial score (nSPS) is 12.1. The van der Waals surface area contributed by atoms with Crippen LogP contribution in [0.3, 0.4) is 0 Å². The molecule has 1 N–H and O–H groups in total. The summed E-state index contributed by atoms with van der Waals surface area (Å²) in [5.41, 5.74) is 0. The predicted molar refractivity (Wildman–Crippen MR) is 67.5 cm³/mol. The lowest BCUT2D eigenvalue weighted by Gasteiger charge is -2.22. The first-order valence-corrected chi connectivity index (χ1v) is 6.48. The van der Waals surface area contributed by atoms with Crippen LogP contribution in [0.1, 0.15) is 19.7 Å². The molecule has 3 nitrogen and oxygen atoms in total. The molecule has 0 aromatic carbocycles.